The molecule has 10 heteroatoms. The van der Waals surface area contributed by atoms with Gasteiger partial charge in [0.2, 0.25) is 0 Å². The molecule has 10 nitrogen and oxygen atoms in total. The van der Waals surface area contributed by atoms with Crippen molar-refractivity contribution in [2.24, 2.45) is 46.3 Å². The first-order valence-electron chi connectivity index (χ1n) is 26.3. The molecule has 0 spiro atoms. The van der Waals surface area contributed by atoms with Crippen molar-refractivity contribution in [3.63, 3.8) is 0 Å². The lowest BCUT2D eigenvalue weighted by Gasteiger charge is -2.58. The highest BCUT2D eigenvalue weighted by atomic mass is 16.7. The predicted octanol–water partition coefficient (Wildman–Crippen LogP) is 12.7. The summed E-state index contributed by atoms with van der Waals surface area (Å²) in [5, 5.41) is 0. The van der Waals surface area contributed by atoms with Gasteiger partial charge in [-0.2, -0.15) is 0 Å². The average Bonchev–Trinajstić information content (AvgIpc) is 3.75. The van der Waals surface area contributed by atoms with E-state index in [1.807, 2.05) is 0 Å². The van der Waals surface area contributed by atoms with Crippen LogP contribution in [0.15, 0.2) is 133 Å². The molecular weight excluding hydrogens is 893 g/mol. The zero-order chi connectivity index (χ0) is 49.7. The molecule has 9 rings (SSSR count). The van der Waals surface area contributed by atoms with E-state index in [4.69, 9.17) is 28.4 Å². The van der Waals surface area contributed by atoms with Gasteiger partial charge in [0.25, 0.3) is 0 Å². The van der Waals surface area contributed by atoms with Crippen LogP contribution in [0.5, 0.6) is 0 Å². The Hall–Kier alpha value is -5.58. The molecule has 0 N–H and O–H groups in total. The number of esters is 4. The minimum atomic E-state index is -1.48. The molecule has 3 saturated carbocycles. The number of hydrogen-bond acceptors (Lipinski definition) is 10. The Labute approximate surface area is 420 Å². The maximum absolute atomic E-state index is 14.2. The van der Waals surface area contributed by atoms with Crippen molar-refractivity contribution >= 4 is 23.9 Å². The lowest BCUT2D eigenvalue weighted by Crippen LogP contribution is -2.63. The van der Waals surface area contributed by atoms with E-state index < -0.39 is 61.2 Å². The van der Waals surface area contributed by atoms with E-state index in [0.29, 0.717) is 29.2 Å². The Morgan fingerprint density at radius 2 is 1.14 bits per heavy atom. The number of ether oxygens (including phenoxy) is 6. The number of carbonyl (C=O) groups excluding carboxylic acids is 4. The molecule has 4 unspecified atom stereocenters. The van der Waals surface area contributed by atoms with Crippen LogP contribution < -0.4 is 0 Å². The Balaban J connectivity index is 1.01. The van der Waals surface area contributed by atoms with Crippen LogP contribution in [0, 0.1) is 46.3 Å². The van der Waals surface area contributed by atoms with Crippen LogP contribution in [0.4, 0.5) is 0 Å². The zero-order valence-electron chi connectivity index (χ0n) is 42.1. The van der Waals surface area contributed by atoms with Crippen molar-refractivity contribution < 1.29 is 47.6 Å². The molecule has 1 saturated heterocycles. The van der Waals surface area contributed by atoms with E-state index in [9.17, 15) is 19.2 Å². The molecule has 4 aromatic rings. The molecule has 1 aliphatic heterocycles. The summed E-state index contributed by atoms with van der Waals surface area (Å²) in [6.45, 7) is 11.9. The summed E-state index contributed by atoms with van der Waals surface area (Å²) in [4.78, 5) is 56.0. The highest BCUT2D eigenvalue weighted by molar-refractivity contribution is 5.91. The van der Waals surface area contributed by atoms with Gasteiger partial charge in [0.1, 0.15) is 12.7 Å². The van der Waals surface area contributed by atoms with Crippen LogP contribution in [-0.4, -0.2) is 67.3 Å². The first-order valence-corrected chi connectivity index (χ1v) is 26.3. The van der Waals surface area contributed by atoms with Crippen molar-refractivity contribution in [2.45, 2.75) is 142 Å². The second-order valence-electron chi connectivity index (χ2n) is 22.0. The summed E-state index contributed by atoms with van der Waals surface area (Å²) < 4.78 is 38.7. The Morgan fingerprint density at radius 3 is 1.70 bits per heavy atom. The largest absolute Gasteiger partial charge is 0.459 e. The number of benzene rings is 4. The van der Waals surface area contributed by atoms with Gasteiger partial charge in [-0.25, -0.2) is 19.2 Å². The van der Waals surface area contributed by atoms with Crippen molar-refractivity contribution in [2.75, 3.05) is 6.61 Å². The monoisotopic (exact) mass is 965 g/mol. The first-order chi connectivity index (χ1) is 34.3. The maximum Gasteiger partial charge on any atom is 0.338 e. The fourth-order valence-electron chi connectivity index (χ4n) is 13.6. The van der Waals surface area contributed by atoms with Crippen LogP contribution >= 0.6 is 0 Å². The summed E-state index contributed by atoms with van der Waals surface area (Å²) in [5.41, 5.74) is 2.83. The summed E-state index contributed by atoms with van der Waals surface area (Å²) in [6.07, 6.45) is 7.77. The minimum Gasteiger partial charge on any atom is -0.459 e. The summed E-state index contributed by atoms with van der Waals surface area (Å²) in [6, 6.07) is 33.9. The van der Waals surface area contributed by atoms with Crippen LogP contribution in [0.2, 0.25) is 0 Å². The van der Waals surface area contributed by atoms with Crippen molar-refractivity contribution in [1.29, 1.82) is 0 Å². The normalized spacial score (nSPS) is 31.4. The molecule has 4 aromatic carbocycles. The second kappa shape index (κ2) is 22.0. The lowest BCUT2D eigenvalue weighted by atomic mass is 9.47. The number of hydrogen-bond donors (Lipinski definition) is 0. The third kappa shape index (κ3) is 10.9. The van der Waals surface area contributed by atoms with Gasteiger partial charge in [0.05, 0.1) is 28.4 Å². The van der Waals surface area contributed by atoms with Gasteiger partial charge in [0, 0.05) is 0 Å². The summed E-state index contributed by atoms with van der Waals surface area (Å²) >= 11 is 0. The van der Waals surface area contributed by atoms with Crippen LogP contribution in [-0.2, 0) is 28.4 Å². The van der Waals surface area contributed by atoms with Gasteiger partial charge < -0.3 is 28.4 Å². The van der Waals surface area contributed by atoms with Gasteiger partial charge >= 0.3 is 23.9 Å². The van der Waals surface area contributed by atoms with E-state index in [2.05, 4.69) is 40.7 Å². The number of fused-ring (bicyclic) bond motifs is 5. The average molecular weight is 965 g/mol. The third-order valence-corrected chi connectivity index (χ3v) is 17.3. The van der Waals surface area contributed by atoms with Gasteiger partial charge in [-0.05, 0) is 146 Å². The fraction of sp³-hybridized carbons (Fsp3) is 0.508. The zero-order valence-corrected chi connectivity index (χ0v) is 42.1. The van der Waals surface area contributed by atoms with E-state index in [-0.39, 0.29) is 28.2 Å². The van der Waals surface area contributed by atoms with Crippen LogP contribution in [0.3, 0.4) is 0 Å². The molecule has 0 radical (unpaired) electrons. The lowest BCUT2D eigenvalue weighted by molar-refractivity contribution is -0.310. The Kier molecular flexibility index (Phi) is 15.6. The standard InChI is InChI=1S/C61H72O10/c1-39(2)19-18-20-40(3)48-31-32-49-47-30-29-45-37-46(33-35-60(45,4)50(47)34-36-61(48,49)5)67-59-54(71-58(65)44-27-16-9-17-28-44)53(70-57(64)43-25-14-8-15-26-43)52(69-56(63)42-23-12-7-13-24-42)51(68-59)38-66-55(62)41-21-10-6-11-22-41/h6-17,21-29,39-40,46-54,59H,18-20,30-38H2,1-5H3/t40?,46-,47?,48+,49?,50?,51+,52+,53-,54+,59+,60-,61+/m0/s1. The Bertz CT molecular complexity index is 2480. The van der Waals surface area contributed by atoms with Crippen LogP contribution in [0.1, 0.15) is 147 Å². The predicted molar refractivity (Wildman–Crippen MR) is 270 cm³/mol. The number of rotatable bonds is 16. The quantitative estimate of drug-likeness (QED) is 0.0609. The molecular formula is C61H72O10. The Morgan fingerprint density at radius 1 is 0.606 bits per heavy atom. The molecule has 0 amide bonds. The number of allylic oxidation sites excluding steroid dienone is 1. The van der Waals surface area contributed by atoms with Gasteiger partial charge in [-0.1, -0.05) is 138 Å². The van der Waals surface area contributed by atoms with E-state index in [0.717, 1.165) is 42.9 Å². The SMILES string of the molecule is CC(C)CCCC(C)[C@H]1CCC2C3CC=C4C[C@@H](O[C@@H]5O[C@H](COC(=O)c6ccccc6)[C@@H](OC(=O)c6ccccc6)[C@H](OC(=O)c6ccccc6)[C@H]5OC(=O)c5ccccc5)CC[C@]4(C)C3CC[C@@]21C. The second-order valence-corrected chi connectivity index (χ2v) is 22.0. The van der Waals surface area contributed by atoms with E-state index >= 15 is 0 Å². The first kappa shape index (κ1) is 50.4. The molecule has 4 aliphatic carbocycles. The minimum absolute atomic E-state index is 0.0241. The van der Waals surface area contributed by atoms with Gasteiger partial charge in [0.15, 0.2) is 24.6 Å². The van der Waals surface area contributed by atoms with Crippen molar-refractivity contribution in [1.82, 2.24) is 0 Å². The van der Waals surface area contributed by atoms with E-state index in [1.54, 1.807) is 121 Å². The van der Waals surface area contributed by atoms with Crippen LogP contribution in [0.25, 0.3) is 0 Å². The van der Waals surface area contributed by atoms with Gasteiger partial charge in [-0.3, -0.25) is 0 Å². The maximum atomic E-state index is 14.2. The van der Waals surface area contributed by atoms with Crippen molar-refractivity contribution in [3.05, 3.63) is 155 Å². The molecule has 4 fully saturated rings. The smallest absolute Gasteiger partial charge is 0.338 e. The highest BCUT2D eigenvalue weighted by Crippen LogP contribution is 2.67. The highest BCUT2D eigenvalue weighted by Gasteiger charge is 2.60. The van der Waals surface area contributed by atoms with E-state index in [1.165, 1.54) is 50.5 Å². The molecule has 1 heterocycles. The van der Waals surface area contributed by atoms with Gasteiger partial charge in [-0.15, -0.1) is 0 Å². The molecule has 13 atom stereocenters. The third-order valence-electron chi connectivity index (χ3n) is 17.3. The molecule has 0 bridgehead atoms. The molecule has 376 valence electrons. The molecule has 0 aromatic heterocycles. The summed E-state index contributed by atoms with van der Waals surface area (Å²) in [7, 11) is 0. The van der Waals surface area contributed by atoms with Crippen molar-refractivity contribution in [3.8, 4) is 0 Å². The topological polar surface area (TPSA) is 124 Å². The number of carbonyl (C=O) groups is 4. The summed E-state index contributed by atoms with van der Waals surface area (Å²) in [5.74, 6) is 1.43. The molecule has 71 heavy (non-hydrogen) atoms. The fourth-order valence-corrected chi connectivity index (χ4v) is 13.6. The molecule has 5 aliphatic rings.